The molecule has 5 nitrogen and oxygen atoms in total. The van der Waals surface area contributed by atoms with E-state index in [2.05, 4.69) is 39.7 Å². The van der Waals surface area contributed by atoms with E-state index in [1.54, 1.807) is 0 Å². The van der Waals surface area contributed by atoms with E-state index in [1.807, 2.05) is 6.07 Å². The van der Waals surface area contributed by atoms with Gasteiger partial charge in [-0.05, 0) is 24.1 Å². The number of H-pyrrole nitrogens is 1. The van der Waals surface area contributed by atoms with Crippen LogP contribution in [0.4, 0.5) is 0 Å². The van der Waals surface area contributed by atoms with Crippen LogP contribution >= 0.6 is 0 Å². The molecule has 19 heavy (non-hydrogen) atoms. The number of carbonyl (C=O) groups excluding carboxylic acids is 1. The molecule has 1 amide bonds. The summed E-state index contributed by atoms with van der Waals surface area (Å²) >= 11 is 0. The highest BCUT2D eigenvalue weighted by Crippen LogP contribution is 2.15. The molecular weight excluding hydrogens is 240 g/mol. The molecule has 1 atom stereocenters. The first-order valence-corrected chi connectivity index (χ1v) is 6.75. The summed E-state index contributed by atoms with van der Waals surface area (Å²) in [6, 6.07) is 6.07. The topological polar surface area (TPSA) is 69.8 Å². The number of carbonyl (C=O) groups is 1. The zero-order chi connectivity index (χ0) is 13.2. The van der Waals surface area contributed by atoms with Crippen LogP contribution < -0.4 is 10.6 Å². The van der Waals surface area contributed by atoms with E-state index < -0.39 is 0 Å². The standard InChI is InChI=1S/C14H18N4O/c1-2-9-3-4-10-11(7-9)18-13(17-10)8-12-14(19)16-6-5-15-12/h3-4,7,12,15H,2,5-6,8H2,1H3,(H,16,19)(H,17,18). The van der Waals surface area contributed by atoms with Crippen LogP contribution in [0.15, 0.2) is 18.2 Å². The fourth-order valence-corrected chi connectivity index (χ4v) is 2.43. The zero-order valence-electron chi connectivity index (χ0n) is 11.0. The molecule has 100 valence electrons. The number of nitrogens with one attached hydrogen (secondary N) is 3. The SMILES string of the molecule is CCc1ccc2nc(CC3NCCNC3=O)[nH]c2c1. The highest BCUT2D eigenvalue weighted by Gasteiger charge is 2.22. The van der Waals surface area contributed by atoms with Crippen LogP contribution in [-0.2, 0) is 17.6 Å². The van der Waals surface area contributed by atoms with Gasteiger partial charge in [0.1, 0.15) is 5.82 Å². The van der Waals surface area contributed by atoms with Crippen LogP contribution in [0.5, 0.6) is 0 Å². The quantitative estimate of drug-likeness (QED) is 0.761. The maximum atomic E-state index is 11.7. The molecule has 0 radical (unpaired) electrons. The number of amides is 1. The van der Waals surface area contributed by atoms with Crippen molar-refractivity contribution >= 4 is 16.9 Å². The minimum atomic E-state index is -0.181. The van der Waals surface area contributed by atoms with Crippen molar-refractivity contribution in [2.75, 3.05) is 13.1 Å². The maximum Gasteiger partial charge on any atom is 0.237 e. The van der Waals surface area contributed by atoms with Crippen molar-refractivity contribution in [1.29, 1.82) is 0 Å². The maximum absolute atomic E-state index is 11.7. The minimum absolute atomic E-state index is 0.0564. The number of benzene rings is 1. The lowest BCUT2D eigenvalue weighted by molar-refractivity contribution is -0.124. The molecular formula is C14H18N4O. The fourth-order valence-electron chi connectivity index (χ4n) is 2.43. The number of hydrogen-bond acceptors (Lipinski definition) is 3. The minimum Gasteiger partial charge on any atom is -0.353 e. The van der Waals surface area contributed by atoms with Crippen molar-refractivity contribution in [2.24, 2.45) is 0 Å². The zero-order valence-corrected chi connectivity index (χ0v) is 11.0. The van der Waals surface area contributed by atoms with E-state index >= 15 is 0 Å². The average molecular weight is 258 g/mol. The third-order valence-electron chi connectivity index (χ3n) is 3.53. The van der Waals surface area contributed by atoms with Crippen molar-refractivity contribution in [2.45, 2.75) is 25.8 Å². The predicted molar refractivity (Wildman–Crippen MR) is 74.0 cm³/mol. The summed E-state index contributed by atoms with van der Waals surface area (Å²) in [6.45, 7) is 3.65. The van der Waals surface area contributed by atoms with Gasteiger partial charge in [0.05, 0.1) is 17.1 Å². The van der Waals surface area contributed by atoms with Gasteiger partial charge in [-0.3, -0.25) is 4.79 Å². The molecule has 1 aromatic carbocycles. The molecule has 0 spiro atoms. The first kappa shape index (κ1) is 12.2. The summed E-state index contributed by atoms with van der Waals surface area (Å²) < 4.78 is 0. The number of aromatic nitrogens is 2. The summed E-state index contributed by atoms with van der Waals surface area (Å²) in [5, 5.41) is 6.07. The molecule has 1 unspecified atom stereocenters. The molecule has 1 fully saturated rings. The number of piperazine rings is 1. The summed E-state index contributed by atoms with van der Waals surface area (Å²) in [5.74, 6) is 0.916. The molecule has 1 aliphatic heterocycles. The monoisotopic (exact) mass is 258 g/mol. The lowest BCUT2D eigenvalue weighted by Gasteiger charge is -2.22. The Bertz CT molecular complexity index is 605. The van der Waals surface area contributed by atoms with Gasteiger partial charge in [-0.1, -0.05) is 13.0 Å². The van der Waals surface area contributed by atoms with E-state index in [9.17, 15) is 4.79 Å². The van der Waals surface area contributed by atoms with Gasteiger partial charge in [0.25, 0.3) is 0 Å². The Kier molecular flexibility index (Phi) is 3.21. The van der Waals surface area contributed by atoms with Crippen molar-refractivity contribution in [3.8, 4) is 0 Å². The summed E-state index contributed by atoms with van der Waals surface area (Å²) in [4.78, 5) is 19.5. The Morgan fingerprint density at radius 3 is 3.05 bits per heavy atom. The van der Waals surface area contributed by atoms with Gasteiger partial charge < -0.3 is 15.6 Å². The van der Waals surface area contributed by atoms with Crippen molar-refractivity contribution in [1.82, 2.24) is 20.6 Å². The summed E-state index contributed by atoms with van der Waals surface area (Å²) in [6.07, 6.45) is 1.61. The molecule has 0 bridgehead atoms. The second-order valence-electron chi connectivity index (χ2n) is 4.89. The molecule has 0 saturated carbocycles. The normalized spacial score (nSPS) is 19.6. The van der Waals surface area contributed by atoms with Crippen LogP contribution in [0.1, 0.15) is 18.3 Å². The third-order valence-corrected chi connectivity index (χ3v) is 3.53. The second kappa shape index (κ2) is 5.01. The van der Waals surface area contributed by atoms with Gasteiger partial charge in [0.2, 0.25) is 5.91 Å². The second-order valence-corrected chi connectivity index (χ2v) is 4.89. The van der Waals surface area contributed by atoms with Gasteiger partial charge in [0, 0.05) is 19.5 Å². The van der Waals surface area contributed by atoms with E-state index in [-0.39, 0.29) is 11.9 Å². The van der Waals surface area contributed by atoms with Crippen LogP contribution in [0, 0.1) is 0 Å². The largest absolute Gasteiger partial charge is 0.353 e. The highest BCUT2D eigenvalue weighted by molar-refractivity contribution is 5.83. The van der Waals surface area contributed by atoms with Gasteiger partial charge in [-0.25, -0.2) is 4.98 Å². The van der Waals surface area contributed by atoms with E-state index in [0.717, 1.165) is 29.8 Å². The molecule has 2 heterocycles. The molecule has 1 aromatic heterocycles. The molecule has 1 saturated heterocycles. The Balaban J connectivity index is 1.82. The van der Waals surface area contributed by atoms with Crippen LogP contribution in [-0.4, -0.2) is 35.0 Å². The Morgan fingerprint density at radius 2 is 2.26 bits per heavy atom. The Morgan fingerprint density at radius 1 is 1.37 bits per heavy atom. The first-order valence-electron chi connectivity index (χ1n) is 6.75. The molecule has 3 N–H and O–H groups in total. The average Bonchev–Trinajstić information content (AvgIpc) is 2.82. The summed E-state index contributed by atoms with van der Waals surface area (Å²) in [7, 11) is 0. The van der Waals surface area contributed by atoms with Gasteiger partial charge in [-0.15, -0.1) is 0 Å². The lowest BCUT2D eigenvalue weighted by Crippen LogP contribution is -2.53. The van der Waals surface area contributed by atoms with E-state index in [0.29, 0.717) is 13.0 Å². The Labute approximate surface area is 111 Å². The summed E-state index contributed by atoms with van der Waals surface area (Å²) in [5.41, 5.74) is 3.30. The highest BCUT2D eigenvalue weighted by atomic mass is 16.2. The number of rotatable bonds is 3. The van der Waals surface area contributed by atoms with Gasteiger partial charge in [0.15, 0.2) is 0 Å². The molecule has 5 heteroatoms. The number of nitrogens with zero attached hydrogens (tertiary/aromatic N) is 1. The fraction of sp³-hybridized carbons (Fsp3) is 0.429. The smallest absolute Gasteiger partial charge is 0.237 e. The van der Waals surface area contributed by atoms with Crippen LogP contribution in [0.25, 0.3) is 11.0 Å². The number of fused-ring (bicyclic) bond motifs is 1. The van der Waals surface area contributed by atoms with Crippen LogP contribution in [0.2, 0.25) is 0 Å². The number of aromatic amines is 1. The molecule has 2 aromatic rings. The lowest BCUT2D eigenvalue weighted by atomic mass is 10.1. The molecule has 1 aliphatic rings. The van der Waals surface area contributed by atoms with E-state index in [1.165, 1.54) is 5.56 Å². The van der Waals surface area contributed by atoms with Crippen molar-refractivity contribution in [3.63, 3.8) is 0 Å². The number of aryl methyl sites for hydroxylation is 1. The number of imidazole rings is 1. The first-order chi connectivity index (χ1) is 9.26. The Hall–Kier alpha value is -1.88. The van der Waals surface area contributed by atoms with Crippen LogP contribution in [0.3, 0.4) is 0 Å². The number of hydrogen-bond donors (Lipinski definition) is 3. The molecule has 0 aliphatic carbocycles. The molecule has 3 rings (SSSR count). The van der Waals surface area contributed by atoms with Crippen molar-refractivity contribution in [3.05, 3.63) is 29.6 Å². The third kappa shape index (κ3) is 2.46. The van der Waals surface area contributed by atoms with Crippen molar-refractivity contribution < 1.29 is 4.79 Å². The predicted octanol–water partition coefficient (Wildman–Crippen LogP) is 0.756. The van der Waals surface area contributed by atoms with Gasteiger partial charge >= 0.3 is 0 Å². The van der Waals surface area contributed by atoms with E-state index in [4.69, 9.17) is 0 Å². The van der Waals surface area contributed by atoms with Gasteiger partial charge in [-0.2, -0.15) is 0 Å².